The van der Waals surface area contributed by atoms with Gasteiger partial charge < -0.3 is 9.84 Å². The number of hydrogen-bond acceptors (Lipinski definition) is 3. The molecule has 30 heavy (non-hydrogen) atoms. The Labute approximate surface area is 179 Å². The Bertz CT molecular complexity index is 919. The Morgan fingerprint density at radius 2 is 1.17 bits per heavy atom. The van der Waals surface area contributed by atoms with Crippen molar-refractivity contribution in [3.63, 3.8) is 0 Å². The highest BCUT2D eigenvalue weighted by atomic mass is 16.5. The number of benzene rings is 3. The van der Waals surface area contributed by atoms with Crippen LogP contribution in [-0.2, 0) is 5.60 Å². The fourth-order valence-electron chi connectivity index (χ4n) is 5.59. The molecule has 0 radical (unpaired) electrons. The van der Waals surface area contributed by atoms with Gasteiger partial charge in [-0.1, -0.05) is 92.7 Å². The first kappa shape index (κ1) is 20.6. The van der Waals surface area contributed by atoms with Crippen LogP contribution in [0.2, 0.25) is 0 Å². The van der Waals surface area contributed by atoms with Crippen molar-refractivity contribution in [2.24, 2.45) is 11.8 Å². The standard InChI is InChI=1S/C27H31NO2/c1-19-25(21-13-7-5-8-14-21)28(3)26(22-15-9-6-10-16-22)20(2)27(19,29)23-17-11-12-18-24(23)30-4/h5-20,25-26,29H,1-4H3/t19-,20-,25-,26+,27?/m1/s1. The zero-order chi connectivity index (χ0) is 21.3. The van der Waals surface area contributed by atoms with Crippen molar-refractivity contribution < 1.29 is 9.84 Å². The third-order valence-corrected chi connectivity index (χ3v) is 7.03. The minimum absolute atomic E-state index is 0.0452. The zero-order valence-corrected chi connectivity index (χ0v) is 18.2. The lowest BCUT2D eigenvalue weighted by atomic mass is 9.62. The molecular weight excluding hydrogens is 370 g/mol. The second-order valence-electron chi connectivity index (χ2n) is 8.48. The molecule has 1 heterocycles. The van der Waals surface area contributed by atoms with Crippen molar-refractivity contribution in [3.8, 4) is 5.75 Å². The maximum atomic E-state index is 12.5. The summed E-state index contributed by atoms with van der Waals surface area (Å²) in [6.45, 7) is 4.33. The lowest BCUT2D eigenvalue weighted by molar-refractivity contribution is -0.162. The van der Waals surface area contributed by atoms with Crippen LogP contribution in [0.1, 0.15) is 42.6 Å². The maximum absolute atomic E-state index is 12.5. The van der Waals surface area contributed by atoms with Gasteiger partial charge >= 0.3 is 0 Å². The van der Waals surface area contributed by atoms with E-state index in [1.54, 1.807) is 7.11 Å². The summed E-state index contributed by atoms with van der Waals surface area (Å²) in [7, 11) is 3.86. The maximum Gasteiger partial charge on any atom is 0.124 e. The molecule has 3 aromatic rings. The van der Waals surface area contributed by atoms with Crippen LogP contribution in [-0.4, -0.2) is 24.2 Å². The highest BCUT2D eigenvalue weighted by Crippen LogP contribution is 2.57. The number of ether oxygens (including phenoxy) is 1. The number of rotatable bonds is 4. The van der Waals surface area contributed by atoms with E-state index in [-0.39, 0.29) is 23.9 Å². The van der Waals surface area contributed by atoms with E-state index in [1.807, 2.05) is 36.4 Å². The summed E-state index contributed by atoms with van der Waals surface area (Å²) >= 11 is 0. The third-order valence-electron chi connectivity index (χ3n) is 7.03. The van der Waals surface area contributed by atoms with Gasteiger partial charge in [0.2, 0.25) is 0 Å². The minimum atomic E-state index is -1.06. The predicted octanol–water partition coefficient (Wildman–Crippen LogP) is 5.58. The smallest absolute Gasteiger partial charge is 0.124 e. The van der Waals surface area contributed by atoms with Crippen molar-refractivity contribution >= 4 is 0 Å². The fourth-order valence-corrected chi connectivity index (χ4v) is 5.59. The van der Waals surface area contributed by atoms with Crippen molar-refractivity contribution in [1.82, 2.24) is 4.90 Å². The number of piperidine rings is 1. The summed E-state index contributed by atoms with van der Waals surface area (Å²) in [4.78, 5) is 2.43. The van der Waals surface area contributed by atoms with Crippen molar-refractivity contribution in [2.45, 2.75) is 31.5 Å². The van der Waals surface area contributed by atoms with E-state index in [0.29, 0.717) is 0 Å². The summed E-state index contributed by atoms with van der Waals surface area (Å²) < 4.78 is 5.70. The molecule has 1 unspecified atom stereocenters. The lowest BCUT2D eigenvalue weighted by Gasteiger charge is -2.56. The number of methoxy groups -OCH3 is 1. The molecule has 1 fully saturated rings. The van der Waals surface area contributed by atoms with Gasteiger partial charge in [-0.15, -0.1) is 0 Å². The van der Waals surface area contributed by atoms with Crippen LogP contribution in [0.3, 0.4) is 0 Å². The van der Waals surface area contributed by atoms with E-state index < -0.39 is 5.60 Å². The number of para-hydroxylation sites is 1. The van der Waals surface area contributed by atoms with Gasteiger partial charge in [-0.05, 0) is 24.2 Å². The molecule has 5 atom stereocenters. The van der Waals surface area contributed by atoms with Crippen LogP contribution >= 0.6 is 0 Å². The highest BCUT2D eigenvalue weighted by molar-refractivity contribution is 5.42. The van der Waals surface area contributed by atoms with Crippen LogP contribution in [0.25, 0.3) is 0 Å². The Hall–Kier alpha value is -2.62. The first-order valence-corrected chi connectivity index (χ1v) is 10.7. The van der Waals surface area contributed by atoms with E-state index in [9.17, 15) is 5.11 Å². The van der Waals surface area contributed by atoms with Gasteiger partial charge in [0.1, 0.15) is 11.4 Å². The molecule has 0 aromatic heterocycles. The van der Waals surface area contributed by atoms with Gasteiger partial charge in [-0.25, -0.2) is 0 Å². The molecule has 1 saturated heterocycles. The van der Waals surface area contributed by atoms with E-state index in [2.05, 4.69) is 74.3 Å². The largest absolute Gasteiger partial charge is 0.496 e. The number of hydrogen-bond donors (Lipinski definition) is 1. The van der Waals surface area contributed by atoms with Gasteiger partial charge in [0.05, 0.1) is 7.11 Å². The van der Waals surface area contributed by atoms with Crippen molar-refractivity contribution in [3.05, 3.63) is 102 Å². The fraction of sp³-hybridized carbons (Fsp3) is 0.333. The molecule has 0 bridgehead atoms. The summed E-state index contributed by atoms with van der Waals surface area (Å²) in [5.74, 6) is 0.647. The van der Waals surface area contributed by atoms with Gasteiger partial charge in [-0.3, -0.25) is 4.90 Å². The molecule has 0 amide bonds. The number of nitrogens with zero attached hydrogens (tertiary/aromatic N) is 1. The Morgan fingerprint density at radius 1 is 0.733 bits per heavy atom. The molecule has 4 rings (SSSR count). The third kappa shape index (κ3) is 3.23. The van der Waals surface area contributed by atoms with Crippen LogP contribution < -0.4 is 4.74 Å². The lowest BCUT2D eigenvalue weighted by Crippen LogP contribution is -2.56. The van der Waals surface area contributed by atoms with Gasteiger partial charge in [0.25, 0.3) is 0 Å². The average Bonchev–Trinajstić information content (AvgIpc) is 2.79. The molecule has 3 heteroatoms. The molecule has 1 N–H and O–H groups in total. The number of aliphatic hydroxyl groups is 1. The summed E-state index contributed by atoms with van der Waals surface area (Å²) in [6, 6.07) is 29.1. The Kier molecular flexibility index (Phi) is 5.68. The van der Waals surface area contributed by atoms with E-state index in [1.165, 1.54) is 11.1 Å². The van der Waals surface area contributed by atoms with Gasteiger partial charge in [0, 0.05) is 29.5 Å². The van der Waals surface area contributed by atoms with Crippen LogP contribution in [0, 0.1) is 11.8 Å². The first-order valence-electron chi connectivity index (χ1n) is 10.7. The van der Waals surface area contributed by atoms with Gasteiger partial charge in [0.15, 0.2) is 0 Å². The van der Waals surface area contributed by atoms with E-state index in [4.69, 9.17) is 4.74 Å². The average molecular weight is 402 g/mol. The van der Waals surface area contributed by atoms with Crippen molar-refractivity contribution in [2.75, 3.05) is 14.2 Å². The molecule has 1 aliphatic rings. The van der Waals surface area contributed by atoms with E-state index >= 15 is 0 Å². The quantitative estimate of drug-likeness (QED) is 0.619. The van der Waals surface area contributed by atoms with Crippen LogP contribution in [0.5, 0.6) is 5.75 Å². The summed E-state index contributed by atoms with van der Waals surface area (Å²) in [6.07, 6.45) is 0. The SMILES string of the molecule is COc1ccccc1C1(O)[C@H](C)[C@@H](c2ccccc2)N(C)[C@@H](c2ccccc2)[C@H]1C. The van der Waals surface area contributed by atoms with Gasteiger partial charge in [-0.2, -0.15) is 0 Å². The van der Waals surface area contributed by atoms with E-state index in [0.717, 1.165) is 11.3 Å². The molecule has 3 nitrogen and oxygen atoms in total. The summed E-state index contributed by atoms with van der Waals surface area (Å²) in [5, 5.41) is 12.5. The molecule has 156 valence electrons. The first-order chi connectivity index (χ1) is 14.5. The predicted molar refractivity (Wildman–Crippen MR) is 121 cm³/mol. The molecule has 0 aliphatic carbocycles. The van der Waals surface area contributed by atoms with Crippen LogP contribution in [0.4, 0.5) is 0 Å². The highest BCUT2D eigenvalue weighted by Gasteiger charge is 2.55. The normalized spacial score (nSPS) is 29.5. The zero-order valence-electron chi connectivity index (χ0n) is 18.2. The summed E-state index contributed by atoms with van der Waals surface area (Å²) in [5.41, 5.74) is 2.24. The molecular formula is C27H31NO2. The molecule has 1 aliphatic heterocycles. The second-order valence-corrected chi connectivity index (χ2v) is 8.48. The molecule has 3 aromatic carbocycles. The molecule has 0 spiro atoms. The topological polar surface area (TPSA) is 32.7 Å². The minimum Gasteiger partial charge on any atom is -0.496 e. The van der Waals surface area contributed by atoms with Crippen molar-refractivity contribution in [1.29, 1.82) is 0 Å². The number of likely N-dealkylation sites (tertiary alicyclic amines) is 1. The Balaban J connectivity index is 1.93. The van der Waals surface area contributed by atoms with Crippen LogP contribution in [0.15, 0.2) is 84.9 Å². The second kappa shape index (κ2) is 8.25. The monoisotopic (exact) mass is 401 g/mol. The molecule has 0 saturated carbocycles. The Morgan fingerprint density at radius 3 is 1.63 bits per heavy atom.